The van der Waals surface area contributed by atoms with Crippen LogP contribution < -0.4 is 5.32 Å². The zero-order valence-electron chi connectivity index (χ0n) is 8.55. The molecule has 14 heavy (non-hydrogen) atoms. The van der Waals surface area contributed by atoms with Crippen LogP contribution >= 0.6 is 27.3 Å². The first-order valence-corrected chi connectivity index (χ1v) is 6.33. The van der Waals surface area contributed by atoms with E-state index in [2.05, 4.69) is 40.3 Å². The number of halogens is 1. The smallest absolute Gasteiger partial charge is 0.0701 e. The number of rotatable bonds is 6. The van der Waals surface area contributed by atoms with Crippen molar-refractivity contribution >= 4 is 27.3 Å². The minimum atomic E-state index is 0.426. The second kappa shape index (κ2) is 6.56. The highest BCUT2D eigenvalue weighted by atomic mass is 79.9. The van der Waals surface area contributed by atoms with Crippen LogP contribution in [0.25, 0.3) is 0 Å². The van der Waals surface area contributed by atoms with Gasteiger partial charge in [-0.3, -0.25) is 0 Å². The van der Waals surface area contributed by atoms with Gasteiger partial charge >= 0.3 is 0 Å². The fraction of sp³-hybridized carbons (Fsp3) is 0.600. The van der Waals surface area contributed by atoms with E-state index in [9.17, 15) is 0 Å². The summed E-state index contributed by atoms with van der Waals surface area (Å²) in [5.41, 5.74) is 0. The van der Waals surface area contributed by atoms with Crippen LogP contribution in [-0.4, -0.2) is 26.3 Å². The van der Waals surface area contributed by atoms with Crippen LogP contribution in [0.2, 0.25) is 0 Å². The molecule has 0 fully saturated rings. The Morgan fingerprint density at radius 2 is 2.36 bits per heavy atom. The summed E-state index contributed by atoms with van der Waals surface area (Å²) < 4.78 is 6.36. The van der Waals surface area contributed by atoms with Crippen LogP contribution in [-0.2, 0) is 11.2 Å². The minimum Gasteiger partial charge on any atom is -0.383 e. The highest BCUT2D eigenvalue weighted by molar-refractivity contribution is 9.11. The fourth-order valence-electron chi connectivity index (χ4n) is 1.38. The number of nitrogens with one attached hydrogen (secondary N) is 1. The van der Waals surface area contributed by atoms with Gasteiger partial charge in [0, 0.05) is 18.0 Å². The summed E-state index contributed by atoms with van der Waals surface area (Å²) in [5.74, 6) is 0. The normalized spacial score (nSPS) is 13.1. The van der Waals surface area contributed by atoms with Gasteiger partial charge in [-0.1, -0.05) is 6.92 Å². The molecule has 1 heterocycles. The third kappa shape index (κ3) is 4.09. The summed E-state index contributed by atoms with van der Waals surface area (Å²) >= 11 is 5.26. The molecule has 0 aliphatic carbocycles. The lowest BCUT2D eigenvalue weighted by molar-refractivity contribution is 0.167. The Bertz CT molecular complexity index is 258. The molecule has 0 radical (unpaired) electrons. The van der Waals surface area contributed by atoms with E-state index in [1.165, 1.54) is 8.66 Å². The Morgan fingerprint density at radius 3 is 2.86 bits per heavy atom. The Labute approximate surface area is 97.8 Å². The Kier molecular flexibility index (Phi) is 5.70. The SMILES string of the molecule is CCNC(COC)Cc1ccc(Br)s1. The van der Waals surface area contributed by atoms with Gasteiger partial charge in [0.25, 0.3) is 0 Å². The van der Waals surface area contributed by atoms with Gasteiger partial charge in [0.15, 0.2) is 0 Å². The van der Waals surface area contributed by atoms with Crippen LogP contribution in [0, 0.1) is 0 Å². The third-order valence-corrected chi connectivity index (χ3v) is 3.58. The number of thiophene rings is 1. The molecule has 0 bridgehead atoms. The summed E-state index contributed by atoms with van der Waals surface area (Å²) in [6, 6.07) is 4.68. The molecule has 1 atom stereocenters. The molecule has 0 aromatic carbocycles. The van der Waals surface area contributed by atoms with Crippen molar-refractivity contribution in [1.29, 1.82) is 0 Å². The van der Waals surface area contributed by atoms with Crippen molar-refractivity contribution in [3.8, 4) is 0 Å². The Hall–Kier alpha value is 0.1000. The molecule has 0 aliphatic rings. The average molecular weight is 278 g/mol. The standard InChI is InChI=1S/C10H16BrNOS/c1-3-12-8(7-13-2)6-9-4-5-10(11)14-9/h4-5,8,12H,3,6-7H2,1-2H3. The van der Waals surface area contributed by atoms with Crippen molar-refractivity contribution < 1.29 is 4.74 Å². The fourth-order valence-corrected chi connectivity index (χ4v) is 2.95. The van der Waals surface area contributed by atoms with E-state index in [0.717, 1.165) is 19.6 Å². The quantitative estimate of drug-likeness (QED) is 0.863. The van der Waals surface area contributed by atoms with E-state index in [-0.39, 0.29) is 0 Å². The first-order chi connectivity index (χ1) is 6.76. The predicted octanol–water partition coefficient (Wildman–Crippen LogP) is 2.68. The number of likely N-dealkylation sites (N-methyl/N-ethyl adjacent to an activating group) is 1. The summed E-state index contributed by atoms with van der Waals surface area (Å²) in [6.07, 6.45) is 1.04. The molecule has 1 unspecified atom stereocenters. The molecule has 0 amide bonds. The van der Waals surface area contributed by atoms with Crippen LogP contribution in [0.3, 0.4) is 0 Å². The van der Waals surface area contributed by atoms with Gasteiger partial charge < -0.3 is 10.1 Å². The highest BCUT2D eigenvalue weighted by Crippen LogP contribution is 2.23. The minimum absolute atomic E-state index is 0.426. The molecule has 0 spiro atoms. The summed E-state index contributed by atoms with van der Waals surface area (Å²) in [4.78, 5) is 1.39. The molecule has 1 aromatic heterocycles. The maximum atomic E-state index is 5.17. The first-order valence-electron chi connectivity index (χ1n) is 4.72. The summed E-state index contributed by atoms with van der Waals surface area (Å²) in [7, 11) is 1.74. The van der Waals surface area contributed by atoms with Crippen LogP contribution in [0.1, 0.15) is 11.8 Å². The molecular formula is C10H16BrNOS. The zero-order chi connectivity index (χ0) is 10.4. The van der Waals surface area contributed by atoms with Gasteiger partial charge in [0.1, 0.15) is 0 Å². The Morgan fingerprint density at radius 1 is 1.57 bits per heavy atom. The highest BCUT2D eigenvalue weighted by Gasteiger charge is 2.09. The third-order valence-electron chi connectivity index (χ3n) is 1.94. The van der Waals surface area contributed by atoms with E-state index < -0.39 is 0 Å². The van der Waals surface area contributed by atoms with E-state index in [0.29, 0.717) is 6.04 Å². The van der Waals surface area contributed by atoms with Crippen LogP contribution in [0.4, 0.5) is 0 Å². The van der Waals surface area contributed by atoms with E-state index >= 15 is 0 Å². The van der Waals surface area contributed by atoms with Gasteiger partial charge in [-0.25, -0.2) is 0 Å². The maximum Gasteiger partial charge on any atom is 0.0701 e. The second-order valence-electron chi connectivity index (χ2n) is 3.12. The average Bonchev–Trinajstić information content (AvgIpc) is 2.52. The van der Waals surface area contributed by atoms with E-state index in [1.54, 1.807) is 18.4 Å². The van der Waals surface area contributed by atoms with Crippen molar-refractivity contribution in [2.45, 2.75) is 19.4 Å². The monoisotopic (exact) mass is 277 g/mol. The molecule has 0 aliphatic heterocycles. The molecule has 1 aromatic rings. The van der Waals surface area contributed by atoms with Gasteiger partial charge in [0.05, 0.1) is 10.4 Å². The van der Waals surface area contributed by atoms with Gasteiger partial charge in [-0.05, 0) is 41.0 Å². The lowest BCUT2D eigenvalue weighted by atomic mass is 10.2. The molecule has 4 heteroatoms. The summed E-state index contributed by atoms with van der Waals surface area (Å²) in [5, 5.41) is 3.41. The second-order valence-corrected chi connectivity index (χ2v) is 5.67. The number of ether oxygens (including phenoxy) is 1. The molecular weight excluding hydrogens is 262 g/mol. The number of hydrogen-bond acceptors (Lipinski definition) is 3. The van der Waals surface area contributed by atoms with Crippen LogP contribution in [0.15, 0.2) is 15.9 Å². The zero-order valence-corrected chi connectivity index (χ0v) is 11.0. The van der Waals surface area contributed by atoms with Crippen LogP contribution in [0.5, 0.6) is 0 Å². The molecule has 80 valence electrons. The number of methoxy groups -OCH3 is 1. The Balaban J connectivity index is 2.46. The maximum absolute atomic E-state index is 5.17. The lowest BCUT2D eigenvalue weighted by Crippen LogP contribution is -2.34. The van der Waals surface area contributed by atoms with Crippen molar-refractivity contribution in [2.24, 2.45) is 0 Å². The number of hydrogen-bond donors (Lipinski definition) is 1. The molecule has 0 saturated carbocycles. The summed E-state index contributed by atoms with van der Waals surface area (Å²) in [6.45, 7) is 3.87. The molecule has 1 rings (SSSR count). The molecule has 0 saturated heterocycles. The van der Waals surface area contributed by atoms with E-state index in [4.69, 9.17) is 4.74 Å². The molecule has 1 N–H and O–H groups in total. The van der Waals surface area contributed by atoms with Crippen molar-refractivity contribution in [2.75, 3.05) is 20.3 Å². The van der Waals surface area contributed by atoms with Crippen molar-refractivity contribution in [3.63, 3.8) is 0 Å². The predicted molar refractivity (Wildman–Crippen MR) is 65.1 cm³/mol. The first kappa shape index (κ1) is 12.2. The molecule has 2 nitrogen and oxygen atoms in total. The van der Waals surface area contributed by atoms with Crippen molar-refractivity contribution in [1.82, 2.24) is 5.32 Å². The largest absolute Gasteiger partial charge is 0.383 e. The lowest BCUT2D eigenvalue weighted by Gasteiger charge is -2.15. The van der Waals surface area contributed by atoms with Crippen molar-refractivity contribution in [3.05, 3.63) is 20.8 Å². The van der Waals surface area contributed by atoms with E-state index in [1.807, 2.05) is 0 Å². The van der Waals surface area contributed by atoms with Gasteiger partial charge in [0.2, 0.25) is 0 Å². The van der Waals surface area contributed by atoms with Gasteiger partial charge in [-0.2, -0.15) is 0 Å². The van der Waals surface area contributed by atoms with Gasteiger partial charge in [-0.15, -0.1) is 11.3 Å². The topological polar surface area (TPSA) is 21.3 Å².